The SMILES string of the molecule is N#Cc1c[nH]c(-c2nc(-c3cccc(F)c3)no2)c1. The molecule has 92 valence electrons. The van der Waals surface area contributed by atoms with Crippen molar-refractivity contribution in [3.05, 3.63) is 47.9 Å². The van der Waals surface area contributed by atoms with Crippen LogP contribution in [0.25, 0.3) is 23.0 Å². The Hall–Kier alpha value is -2.94. The molecule has 0 atom stereocenters. The third-order valence-corrected chi connectivity index (χ3v) is 2.55. The van der Waals surface area contributed by atoms with Gasteiger partial charge in [0.05, 0.1) is 5.56 Å². The number of hydrogen-bond donors (Lipinski definition) is 1. The molecule has 0 aliphatic heterocycles. The van der Waals surface area contributed by atoms with Crippen molar-refractivity contribution >= 4 is 0 Å². The molecule has 3 rings (SSSR count). The van der Waals surface area contributed by atoms with Crippen LogP contribution >= 0.6 is 0 Å². The second-order valence-electron chi connectivity index (χ2n) is 3.85. The van der Waals surface area contributed by atoms with Crippen LogP contribution in [0.3, 0.4) is 0 Å². The molecule has 1 N–H and O–H groups in total. The minimum absolute atomic E-state index is 0.251. The molecule has 0 aliphatic carbocycles. The molecule has 0 unspecified atom stereocenters. The van der Waals surface area contributed by atoms with Gasteiger partial charge in [0.25, 0.3) is 5.89 Å². The van der Waals surface area contributed by atoms with Crippen molar-refractivity contribution in [2.24, 2.45) is 0 Å². The van der Waals surface area contributed by atoms with Gasteiger partial charge in [-0.25, -0.2) is 4.39 Å². The topological polar surface area (TPSA) is 78.5 Å². The first-order valence-electron chi connectivity index (χ1n) is 5.45. The van der Waals surface area contributed by atoms with Crippen molar-refractivity contribution in [2.75, 3.05) is 0 Å². The van der Waals surface area contributed by atoms with Crippen molar-refractivity contribution < 1.29 is 8.91 Å². The Morgan fingerprint density at radius 1 is 1.32 bits per heavy atom. The highest BCUT2D eigenvalue weighted by Crippen LogP contribution is 2.22. The lowest BCUT2D eigenvalue weighted by atomic mass is 10.2. The van der Waals surface area contributed by atoms with Crippen LogP contribution in [0.5, 0.6) is 0 Å². The van der Waals surface area contributed by atoms with Gasteiger partial charge in [-0.3, -0.25) is 0 Å². The number of nitrogens with zero attached hydrogens (tertiary/aromatic N) is 3. The normalized spacial score (nSPS) is 10.3. The Morgan fingerprint density at radius 3 is 2.95 bits per heavy atom. The fourth-order valence-corrected chi connectivity index (χ4v) is 1.66. The first kappa shape index (κ1) is 11.2. The molecule has 0 fully saturated rings. The second kappa shape index (κ2) is 4.38. The van der Waals surface area contributed by atoms with Gasteiger partial charge >= 0.3 is 0 Å². The third kappa shape index (κ3) is 2.09. The minimum Gasteiger partial charge on any atom is -0.356 e. The molecule has 0 saturated carbocycles. The summed E-state index contributed by atoms with van der Waals surface area (Å²) in [6, 6.07) is 9.52. The maximum atomic E-state index is 13.1. The van der Waals surface area contributed by atoms with Crippen LogP contribution in [0.4, 0.5) is 4.39 Å². The molecule has 0 saturated heterocycles. The van der Waals surface area contributed by atoms with E-state index >= 15 is 0 Å². The standard InChI is InChI=1S/C13H7FN4O/c14-10-3-1-2-9(5-10)12-17-13(19-18-12)11-4-8(6-15)7-16-11/h1-5,7,16H. The van der Waals surface area contributed by atoms with E-state index in [1.54, 1.807) is 24.4 Å². The summed E-state index contributed by atoms with van der Waals surface area (Å²) in [4.78, 5) is 7.01. The molecule has 0 aliphatic rings. The predicted octanol–water partition coefficient (Wildman–Crippen LogP) is 2.74. The van der Waals surface area contributed by atoms with Gasteiger partial charge < -0.3 is 9.51 Å². The molecular formula is C13H7FN4O. The maximum Gasteiger partial charge on any atom is 0.274 e. The van der Waals surface area contributed by atoms with Crippen molar-refractivity contribution in [3.63, 3.8) is 0 Å². The van der Waals surface area contributed by atoms with E-state index in [0.29, 0.717) is 22.6 Å². The van der Waals surface area contributed by atoms with Gasteiger partial charge in [-0.1, -0.05) is 17.3 Å². The first-order chi connectivity index (χ1) is 9.26. The van der Waals surface area contributed by atoms with Crippen molar-refractivity contribution in [2.45, 2.75) is 0 Å². The quantitative estimate of drug-likeness (QED) is 0.762. The number of hydrogen-bond acceptors (Lipinski definition) is 4. The number of H-pyrrole nitrogens is 1. The monoisotopic (exact) mass is 254 g/mol. The Bertz CT molecular complexity index is 769. The lowest BCUT2D eigenvalue weighted by Gasteiger charge is -1.92. The molecule has 5 nitrogen and oxygen atoms in total. The number of rotatable bonds is 2. The average molecular weight is 254 g/mol. The summed E-state index contributed by atoms with van der Waals surface area (Å²) in [7, 11) is 0. The van der Waals surface area contributed by atoms with Crippen LogP contribution in [0.15, 0.2) is 41.1 Å². The molecule has 0 bridgehead atoms. The van der Waals surface area contributed by atoms with Gasteiger partial charge in [0.15, 0.2) is 0 Å². The highest BCUT2D eigenvalue weighted by atomic mass is 19.1. The van der Waals surface area contributed by atoms with Gasteiger partial charge in [0.2, 0.25) is 5.82 Å². The summed E-state index contributed by atoms with van der Waals surface area (Å²) in [5.41, 5.74) is 1.55. The Balaban J connectivity index is 1.97. The zero-order valence-corrected chi connectivity index (χ0v) is 9.59. The summed E-state index contributed by atoms with van der Waals surface area (Å²) in [6.45, 7) is 0. The van der Waals surface area contributed by atoms with E-state index in [9.17, 15) is 4.39 Å². The molecular weight excluding hydrogens is 247 g/mol. The van der Waals surface area contributed by atoms with Crippen LogP contribution in [0.2, 0.25) is 0 Å². The van der Waals surface area contributed by atoms with E-state index in [4.69, 9.17) is 9.78 Å². The molecule has 6 heteroatoms. The molecule has 2 heterocycles. The lowest BCUT2D eigenvalue weighted by Crippen LogP contribution is -1.82. The van der Waals surface area contributed by atoms with Crippen LogP contribution in [0, 0.1) is 17.1 Å². The lowest BCUT2D eigenvalue weighted by molar-refractivity contribution is 0.431. The minimum atomic E-state index is -0.365. The number of aromatic nitrogens is 3. The fraction of sp³-hybridized carbons (Fsp3) is 0. The molecule has 2 aromatic heterocycles. The summed E-state index contributed by atoms with van der Waals surface area (Å²) in [5, 5.41) is 12.5. The Labute approximate surface area is 107 Å². The highest BCUT2D eigenvalue weighted by Gasteiger charge is 2.12. The summed E-state index contributed by atoms with van der Waals surface area (Å²) >= 11 is 0. The van der Waals surface area contributed by atoms with Gasteiger partial charge in [0.1, 0.15) is 17.6 Å². The maximum absolute atomic E-state index is 13.1. The number of halogens is 1. The Morgan fingerprint density at radius 2 is 2.21 bits per heavy atom. The number of aromatic amines is 1. The number of nitriles is 1. The summed E-state index contributed by atoms with van der Waals surface area (Å²) in [5.74, 6) is 0.179. The zero-order chi connectivity index (χ0) is 13.2. The van der Waals surface area contributed by atoms with Gasteiger partial charge in [-0.15, -0.1) is 0 Å². The highest BCUT2D eigenvalue weighted by molar-refractivity contribution is 5.58. The van der Waals surface area contributed by atoms with Gasteiger partial charge in [0, 0.05) is 11.8 Å². The van der Waals surface area contributed by atoms with Crippen LogP contribution in [0.1, 0.15) is 5.56 Å². The zero-order valence-electron chi connectivity index (χ0n) is 9.59. The fourth-order valence-electron chi connectivity index (χ4n) is 1.66. The number of benzene rings is 1. The van der Waals surface area contributed by atoms with Crippen molar-refractivity contribution in [1.82, 2.24) is 15.1 Å². The first-order valence-corrected chi connectivity index (χ1v) is 5.45. The van der Waals surface area contributed by atoms with Crippen molar-refractivity contribution in [1.29, 1.82) is 5.26 Å². The Kier molecular flexibility index (Phi) is 2.58. The molecule has 19 heavy (non-hydrogen) atoms. The van der Waals surface area contributed by atoms with Gasteiger partial charge in [-0.2, -0.15) is 10.2 Å². The smallest absolute Gasteiger partial charge is 0.274 e. The van der Waals surface area contributed by atoms with E-state index in [1.807, 2.05) is 6.07 Å². The van der Waals surface area contributed by atoms with E-state index in [-0.39, 0.29) is 11.7 Å². The largest absolute Gasteiger partial charge is 0.356 e. The third-order valence-electron chi connectivity index (χ3n) is 2.55. The summed E-state index contributed by atoms with van der Waals surface area (Å²) < 4.78 is 18.2. The van der Waals surface area contributed by atoms with E-state index in [0.717, 1.165) is 0 Å². The molecule has 0 spiro atoms. The van der Waals surface area contributed by atoms with Crippen LogP contribution in [-0.2, 0) is 0 Å². The van der Waals surface area contributed by atoms with E-state index < -0.39 is 0 Å². The predicted molar refractivity (Wildman–Crippen MR) is 64.2 cm³/mol. The summed E-state index contributed by atoms with van der Waals surface area (Å²) in [6.07, 6.45) is 1.54. The second-order valence-corrected chi connectivity index (χ2v) is 3.85. The van der Waals surface area contributed by atoms with E-state index in [1.165, 1.54) is 12.1 Å². The molecule has 0 radical (unpaired) electrons. The van der Waals surface area contributed by atoms with Crippen LogP contribution < -0.4 is 0 Å². The molecule has 3 aromatic rings. The van der Waals surface area contributed by atoms with Crippen molar-refractivity contribution in [3.8, 4) is 29.0 Å². The molecule has 1 aromatic carbocycles. The average Bonchev–Trinajstić information content (AvgIpc) is 3.07. The van der Waals surface area contributed by atoms with E-state index in [2.05, 4.69) is 15.1 Å². The number of nitrogens with one attached hydrogen (secondary N) is 1. The van der Waals surface area contributed by atoms with Crippen LogP contribution in [-0.4, -0.2) is 15.1 Å². The molecule has 0 amide bonds. The van der Waals surface area contributed by atoms with Gasteiger partial charge in [-0.05, 0) is 18.2 Å².